The molecule has 0 bridgehead atoms. The first-order chi connectivity index (χ1) is 20.1. The predicted molar refractivity (Wildman–Crippen MR) is 168 cm³/mol. The molecule has 3 aliphatic rings. The molecule has 0 saturated heterocycles. The number of carbonyl (C=O) groups excluding carboxylic acids is 2. The molecule has 7 rings (SSSR count). The molecule has 0 radical (unpaired) electrons. The third-order valence-electron chi connectivity index (χ3n) is 9.01. The van der Waals surface area contributed by atoms with Crippen LogP contribution in [0.4, 0.5) is 0 Å². The molecule has 7 heteroatoms. The van der Waals surface area contributed by atoms with Crippen LogP contribution in [-0.2, 0) is 32.4 Å². The average molecular weight is 577 g/mol. The standard InChI is InChI=1S/C35H34N4O2.H2S/c40-34-29-9-1-2-10-30(29)35(41)39(34)23-25-14-12-24(13-15-25)21-38(32-11-3-6-28-8-5-19-37-33(28)32)22-26-16-17-27-7-4-18-36-31(27)20-26;/h1-2,4-5,7-10,12-15,18-19,26,32H,3,6,11,16-17,20-23H2;1H2/t26?,32-;/m0./s1. The number of rotatable bonds is 7. The molecule has 4 aromatic rings. The molecular weight excluding hydrogens is 540 g/mol. The van der Waals surface area contributed by atoms with Crippen LogP contribution in [0.25, 0.3) is 0 Å². The van der Waals surface area contributed by atoms with Crippen LogP contribution in [-0.4, -0.2) is 38.1 Å². The minimum Gasteiger partial charge on any atom is -0.290 e. The number of pyridine rings is 2. The highest BCUT2D eigenvalue weighted by Gasteiger charge is 2.35. The van der Waals surface area contributed by atoms with Gasteiger partial charge in [-0.2, -0.15) is 13.5 Å². The number of hydrogen-bond donors (Lipinski definition) is 0. The molecule has 2 aliphatic carbocycles. The summed E-state index contributed by atoms with van der Waals surface area (Å²) in [5.74, 6) is 0.125. The maximum Gasteiger partial charge on any atom is 0.261 e. The van der Waals surface area contributed by atoms with Gasteiger partial charge in [0, 0.05) is 31.2 Å². The number of benzene rings is 2. The Morgan fingerprint density at radius 3 is 2.21 bits per heavy atom. The fraction of sp³-hybridized carbons (Fsp3) is 0.314. The monoisotopic (exact) mass is 576 g/mol. The van der Waals surface area contributed by atoms with Crippen molar-refractivity contribution in [2.45, 2.75) is 57.7 Å². The van der Waals surface area contributed by atoms with E-state index in [1.54, 1.807) is 24.3 Å². The second kappa shape index (κ2) is 12.2. The molecule has 0 N–H and O–H groups in total. The van der Waals surface area contributed by atoms with Gasteiger partial charge in [-0.15, -0.1) is 0 Å². The highest BCUT2D eigenvalue weighted by Crippen LogP contribution is 2.36. The lowest BCUT2D eigenvalue weighted by Gasteiger charge is -2.38. The van der Waals surface area contributed by atoms with Crippen LogP contribution in [0.5, 0.6) is 0 Å². The molecule has 2 atom stereocenters. The van der Waals surface area contributed by atoms with Crippen LogP contribution in [0.3, 0.4) is 0 Å². The van der Waals surface area contributed by atoms with Crippen molar-refractivity contribution < 1.29 is 9.59 Å². The normalized spacial score (nSPS) is 19.2. The maximum absolute atomic E-state index is 12.9. The van der Waals surface area contributed by atoms with E-state index >= 15 is 0 Å². The van der Waals surface area contributed by atoms with Crippen molar-refractivity contribution in [1.82, 2.24) is 19.8 Å². The minimum atomic E-state index is -0.215. The zero-order valence-corrected chi connectivity index (χ0v) is 24.7. The van der Waals surface area contributed by atoms with Crippen LogP contribution < -0.4 is 0 Å². The number of hydrogen-bond acceptors (Lipinski definition) is 5. The van der Waals surface area contributed by atoms with Gasteiger partial charge in [-0.3, -0.25) is 29.4 Å². The Bertz CT molecular complexity index is 1570. The first kappa shape index (κ1) is 28.3. The summed E-state index contributed by atoms with van der Waals surface area (Å²) < 4.78 is 0. The fourth-order valence-electron chi connectivity index (χ4n) is 6.90. The average Bonchev–Trinajstić information content (AvgIpc) is 3.26. The van der Waals surface area contributed by atoms with Crippen molar-refractivity contribution in [2.75, 3.05) is 6.54 Å². The summed E-state index contributed by atoms with van der Waals surface area (Å²) in [6, 6.07) is 24.4. The van der Waals surface area contributed by atoms with Crippen LogP contribution >= 0.6 is 13.5 Å². The Hall–Kier alpha value is -3.81. The molecule has 1 aliphatic heterocycles. The third-order valence-corrected chi connectivity index (χ3v) is 9.01. The largest absolute Gasteiger partial charge is 0.290 e. The first-order valence-electron chi connectivity index (χ1n) is 14.8. The van der Waals surface area contributed by atoms with E-state index in [1.165, 1.54) is 45.8 Å². The van der Waals surface area contributed by atoms with Crippen LogP contribution in [0, 0.1) is 5.92 Å². The van der Waals surface area contributed by atoms with Crippen molar-refractivity contribution >= 4 is 25.3 Å². The van der Waals surface area contributed by atoms with Gasteiger partial charge in [0.15, 0.2) is 0 Å². The lowest BCUT2D eigenvalue weighted by molar-refractivity contribution is 0.0642. The molecule has 2 aromatic heterocycles. The van der Waals surface area contributed by atoms with E-state index in [-0.39, 0.29) is 31.9 Å². The fourth-order valence-corrected chi connectivity index (χ4v) is 6.90. The molecule has 0 fully saturated rings. The van der Waals surface area contributed by atoms with E-state index in [1.807, 2.05) is 18.5 Å². The van der Waals surface area contributed by atoms with Gasteiger partial charge in [0.1, 0.15) is 0 Å². The van der Waals surface area contributed by atoms with Gasteiger partial charge in [0.05, 0.1) is 29.4 Å². The second-order valence-corrected chi connectivity index (χ2v) is 11.7. The topological polar surface area (TPSA) is 66.4 Å². The Labute approximate surface area is 254 Å². The van der Waals surface area contributed by atoms with Crippen molar-refractivity contribution in [3.63, 3.8) is 0 Å². The van der Waals surface area contributed by atoms with Crippen LogP contribution in [0.1, 0.15) is 79.7 Å². The van der Waals surface area contributed by atoms with Gasteiger partial charge in [0.25, 0.3) is 11.8 Å². The van der Waals surface area contributed by atoms with E-state index in [9.17, 15) is 9.59 Å². The van der Waals surface area contributed by atoms with Crippen molar-refractivity contribution in [1.29, 1.82) is 0 Å². The summed E-state index contributed by atoms with van der Waals surface area (Å²) in [6.45, 7) is 2.12. The van der Waals surface area contributed by atoms with E-state index in [2.05, 4.69) is 47.4 Å². The zero-order chi connectivity index (χ0) is 27.8. The van der Waals surface area contributed by atoms with Gasteiger partial charge >= 0.3 is 0 Å². The van der Waals surface area contributed by atoms with E-state index < -0.39 is 0 Å². The minimum absolute atomic E-state index is 0. The van der Waals surface area contributed by atoms with Crippen molar-refractivity contribution in [3.8, 4) is 0 Å². The molecule has 3 heterocycles. The van der Waals surface area contributed by atoms with Gasteiger partial charge in [-0.1, -0.05) is 48.5 Å². The number of carbonyl (C=O) groups is 2. The SMILES string of the molecule is O=C1c2ccccc2C(=O)N1Cc1ccc(CN(CC2CCc3cccnc3C2)[C@H]2CCCc3cccnc32)cc1.S. The number of imide groups is 1. The highest BCUT2D eigenvalue weighted by atomic mass is 32.1. The maximum atomic E-state index is 12.9. The Balaban J connectivity index is 0.00000316. The number of nitrogens with zero attached hydrogens (tertiary/aromatic N) is 4. The number of fused-ring (bicyclic) bond motifs is 3. The Morgan fingerprint density at radius 2 is 1.45 bits per heavy atom. The van der Waals surface area contributed by atoms with Gasteiger partial charge in [-0.25, -0.2) is 0 Å². The summed E-state index contributed by atoms with van der Waals surface area (Å²) in [5.41, 5.74) is 8.43. The zero-order valence-electron chi connectivity index (χ0n) is 23.7. The predicted octanol–water partition coefficient (Wildman–Crippen LogP) is 6.07. The Kier molecular flexibility index (Phi) is 8.22. The van der Waals surface area contributed by atoms with E-state index in [4.69, 9.17) is 9.97 Å². The molecular formula is C35H36N4O2S. The van der Waals surface area contributed by atoms with Crippen molar-refractivity contribution in [3.05, 3.63) is 130 Å². The quantitative estimate of drug-likeness (QED) is 0.250. The summed E-state index contributed by atoms with van der Waals surface area (Å²) in [6.07, 6.45) is 10.5. The smallest absolute Gasteiger partial charge is 0.261 e. The Morgan fingerprint density at radius 1 is 0.762 bits per heavy atom. The summed E-state index contributed by atoms with van der Waals surface area (Å²) in [4.78, 5) is 39.3. The van der Waals surface area contributed by atoms with Gasteiger partial charge < -0.3 is 0 Å². The lowest BCUT2D eigenvalue weighted by atomic mass is 9.85. The number of aromatic nitrogens is 2. The van der Waals surface area contributed by atoms with Gasteiger partial charge in [0.2, 0.25) is 0 Å². The molecule has 6 nitrogen and oxygen atoms in total. The molecule has 42 heavy (non-hydrogen) atoms. The number of aryl methyl sites for hydroxylation is 2. The first-order valence-corrected chi connectivity index (χ1v) is 14.8. The molecule has 0 spiro atoms. The lowest BCUT2D eigenvalue weighted by Crippen LogP contribution is -2.37. The molecule has 2 aromatic carbocycles. The summed E-state index contributed by atoms with van der Waals surface area (Å²) in [7, 11) is 0. The van der Waals surface area contributed by atoms with Crippen LogP contribution in [0.15, 0.2) is 85.2 Å². The number of amides is 2. The molecule has 0 saturated carbocycles. The van der Waals surface area contributed by atoms with Crippen LogP contribution in [0.2, 0.25) is 0 Å². The third kappa shape index (κ3) is 5.51. The van der Waals surface area contributed by atoms with E-state index in [0.29, 0.717) is 23.1 Å². The molecule has 1 unspecified atom stereocenters. The van der Waals surface area contributed by atoms with Crippen molar-refractivity contribution in [2.24, 2.45) is 5.92 Å². The van der Waals surface area contributed by atoms with Gasteiger partial charge in [-0.05, 0) is 91.0 Å². The molecule has 2 amide bonds. The van der Waals surface area contributed by atoms with E-state index in [0.717, 1.165) is 44.3 Å². The summed E-state index contributed by atoms with van der Waals surface area (Å²) in [5, 5.41) is 0. The second-order valence-electron chi connectivity index (χ2n) is 11.7. The summed E-state index contributed by atoms with van der Waals surface area (Å²) >= 11 is 0. The molecule has 214 valence electrons. The highest BCUT2D eigenvalue weighted by molar-refractivity contribution is 7.59.